The summed E-state index contributed by atoms with van der Waals surface area (Å²) in [5.41, 5.74) is 4.48. The molecule has 0 spiro atoms. The van der Waals surface area contributed by atoms with Gasteiger partial charge in [0, 0.05) is 41.4 Å². The highest BCUT2D eigenvalue weighted by Gasteiger charge is 2.23. The number of aromatic nitrogens is 6. The lowest BCUT2D eigenvalue weighted by Crippen LogP contribution is -2.21. The lowest BCUT2D eigenvalue weighted by Gasteiger charge is -2.11. The summed E-state index contributed by atoms with van der Waals surface area (Å²) >= 11 is 0. The van der Waals surface area contributed by atoms with Gasteiger partial charge in [0.05, 0.1) is 18.1 Å². The first-order valence-corrected chi connectivity index (χ1v) is 16.5. The predicted molar refractivity (Wildman–Crippen MR) is 170 cm³/mol. The topological polar surface area (TPSA) is 158 Å². The summed E-state index contributed by atoms with van der Waals surface area (Å²) in [5, 5.41) is 10.5. The molecular formula is C32H28F2N8O3S. The number of carbonyl (C=O) groups excluding carboxylic acids is 1. The Balaban J connectivity index is 1.24. The van der Waals surface area contributed by atoms with E-state index in [2.05, 4.69) is 35.2 Å². The Bertz CT molecular complexity index is 2240. The molecule has 0 bridgehead atoms. The Morgan fingerprint density at radius 2 is 1.85 bits per heavy atom. The highest BCUT2D eigenvalue weighted by molar-refractivity contribution is 7.88. The van der Waals surface area contributed by atoms with Crippen molar-refractivity contribution in [3.8, 4) is 33.8 Å². The van der Waals surface area contributed by atoms with Crippen molar-refractivity contribution in [3.63, 3.8) is 0 Å². The van der Waals surface area contributed by atoms with Gasteiger partial charge in [0.1, 0.15) is 28.4 Å². The first-order chi connectivity index (χ1) is 22.1. The average Bonchev–Trinajstić information content (AvgIpc) is 3.79. The number of aromatic amines is 2. The number of anilines is 1. The number of benzene rings is 2. The fourth-order valence-electron chi connectivity index (χ4n) is 5.90. The molecular weight excluding hydrogens is 614 g/mol. The van der Waals surface area contributed by atoms with Crippen LogP contribution in [0.5, 0.6) is 0 Å². The molecule has 6 aromatic rings. The minimum absolute atomic E-state index is 0.00962. The molecule has 0 unspecified atom stereocenters. The van der Waals surface area contributed by atoms with Gasteiger partial charge in [0.2, 0.25) is 15.9 Å². The van der Waals surface area contributed by atoms with Crippen LogP contribution in [-0.2, 0) is 21.4 Å². The van der Waals surface area contributed by atoms with Gasteiger partial charge >= 0.3 is 0 Å². The Morgan fingerprint density at radius 3 is 2.65 bits per heavy atom. The van der Waals surface area contributed by atoms with Gasteiger partial charge in [-0.05, 0) is 72.0 Å². The van der Waals surface area contributed by atoms with Crippen molar-refractivity contribution in [2.75, 3.05) is 11.6 Å². The molecule has 4 heterocycles. The first-order valence-electron chi connectivity index (χ1n) is 14.6. The molecule has 46 heavy (non-hydrogen) atoms. The molecule has 4 aromatic heterocycles. The Kier molecular flexibility index (Phi) is 7.53. The van der Waals surface area contributed by atoms with Gasteiger partial charge < -0.3 is 10.3 Å². The third kappa shape index (κ3) is 5.96. The Morgan fingerprint density at radius 1 is 1.02 bits per heavy atom. The number of H-pyrrole nitrogens is 2. The lowest BCUT2D eigenvalue weighted by atomic mass is 10.0. The van der Waals surface area contributed by atoms with E-state index in [9.17, 15) is 17.6 Å². The number of carbonyl (C=O) groups is 1. The quantitative estimate of drug-likeness (QED) is 0.166. The normalized spacial score (nSPS) is 14.0. The number of rotatable bonds is 8. The molecule has 0 saturated heterocycles. The average molecular weight is 643 g/mol. The van der Waals surface area contributed by atoms with Crippen LogP contribution < -0.4 is 10.0 Å². The van der Waals surface area contributed by atoms with Gasteiger partial charge in [-0.15, -0.1) is 0 Å². The molecule has 14 heteroatoms. The SMILES string of the molecule is CS(=O)(=O)NCc1cc(F)cc(-c2ccnc3[nH]c(-c4n[nH]c5c(F)cc(-c6cncc(NC(=O)C7CCCC7)c6)cc45)nc23)c1. The molecule has 0 aliphatic heterocycles. The van der Waals surface area contributed by atoms with E-state index in [1.807, 2.05) is 0 Å². The summed E-state index contributed by atoms with van der Waals surface area (Å²) in [7, 11) is -3.48. The highest BCUT2D eigenvalue weighted by Crippen LogP contribution is 2.35. The third-order valence-electron chi connectivity index (χ3n) is 8.11. The van der Waals surface area contributed by atoms with Crippen molar-refractivity contribution < 1.29 is 22.0 Å². The van der Waals surface area contributed by atoms with Gasteiger partial charge in [-0.3, -0.25) is 14.9 Å². The Hall–Kier alpha value is -5.08. The van der Waals surface area contributed by atoms with E-state index in [0.29, 0.717) is 61.6 Å². The molecule has 0 radical (unpaired) electrons. The molecule has 1 amide bonds. The van der Waals surface area contributed by atoms with E-state index in [1.54, 1.807) is 42.9 Å². The van der Waals surface area contributed by atoms with Gasteiger partial charge in [-0.2, -0.15) is 5.10 Å². The lowest BCUT2D eigenvalue weighted by molar-refractivity contribution is -0.119. The van der Waals surface area contributed by atoms with Crippen LogP contribution in [0.2, 0.25) is 0 Å². The zero-order valence-electron chi connectivity index (χ0n) is 24.6. The maximum Gasteiger partial charge on any atom is 0.227 e. The minimum Gasteiger partial charge on any atom is -0.324 e. The molecule has 1 aliphatic rings. The smallest absolute Gasteiger partial charge is 0.227 e. The first kappa shape index (κ1) is 29.6. The van der Waals surface area contributed by atoms with Crippen molar-refractivity contribution in [1.29, 1.82) is 0 Å². The summed E-state index contributed by atoms with van der Waals surface area (Å²) in [4.78, 5) is 29.2. The summed E-state index contributed by atoms with van der Waals surface area (Å²) in [5.74, 6) is -0.806. The van der Waals surface area contributed by atoms with Crippen molar-refractivity contribution >= 4 is 43.7 Å². The molecule has 0 atom stereocenters. The van der Waals surface area contributed by atoms with E-state index in [1.165, 1.54) is 18.2 Å². The fourth-order valence-corrected chi connectivity index (χ4v) is 6.33. The van der Waals surface area contributed by atoms with Crippen molar-refractivity contribution in [3.05, 3.63) is 78.3 Å². The molecule has 7 rings (SSSR count). The second-order valence-corrected chi connectivity index (χ2v) is 13.3. The molecule has 1 saturated carbocycles. The molecule has 2 aromatic carbocycles. The predicted octanol–water partition coefficient (Wildman–Crippen LogP) is 5.69. The van der Waals surface area contributed by atoms with Crippen LogP contribution in [0.15, 0.2) is 61.1 Å². The molecule has 1 fully saturated rings. The largest absolute Gasteiger partial charge is 0.324 e. The molecule has 11 nitrogen and oxygen atoms in total. The molecule has 234 valence electrons. The number of pyridine rings is 2. The number of hydrogen-bond acceptors (Lipinski definition) is 7. The van der Waals surface area contributed by atoms with Crippen molar-refractivity contribution in [2.45, 2.75) is 32.2 Å². The van der Waals surface area contributed by atoms with E-state index >= 15 is 4.39 Å². The second kappa shape index (κ2) is 11.7. The molecule has 4 N–H and O–H groups in total. The summed E-state index contributed by atoms with van der Waals surface area (Å²) in [6.45, 7) is -0.0812. The number of imidazole rings is 1. The van der Waals surface area contributed by atoms with Crippen LogP contribution in [-0.4, -0.2) is 50.7 Å². The van der Waals surface area contributed by atoms with Gasteiger partial charge in [0.15, 0.2) is 11.5 Å². The van der Waals surface area contributed by atoms with E-state index in [0.717, 1.165) is 31.9 Å². The van der Waals surface area contributed by atoms with Crippen molar-refractivity contribution in [2.24, 2.45) is 5.92 Å². The summed E-state index contributed by atoms with van der Waals surface area (Å²) in [6, 6.07) is 10.9. The number of nitrogens with one attached hydrogen (secondary N) is 4. The van der Waals surface area contributed by atoms with Crippen LogP contribution >= 0.6 is 0 Å². The maximum absolute atomic E-state index is 15.4. The number of fused-ring (bicyclic) bond motifs is 2. The number of nitrogens with zero attached hydrogens (tertiary/aromatic N) is 4. The zero-order valence-corrected chi connectivity index (χ0v) is 25.4. The highest BCUT2D eigenvalue weighted by atomic mass is 32.2. The fraction of sp³-hybridized carbons (Fsp3) is 0.219. The van der Waals surface area contributed by atoms with Gasteiger partial charge in [-0.25, -0.2) is 31.9 Å². The zero-order chi connectivity index (χ0) is 32.0. The number of halogens is 2. The van der Waals surface area contributed by atoms with Gasteiger partial charge in [0.25, 0.3) is 0 Å². The van der Waals surface area contributed by atoms with Crippen LogP contribution in [0.25, 0.3) is 55.8 Å². The molecule has 1 aliphatic carbocycles. The third-order valence-corrected chi connectivity index (χ3v) is 8.77. The number of hydrogen-bond donors (Lipinski definition) is 4. The van der Waals surface area contributed by atoms with E-state index < -0.39 is 21.7 Å². The summed E-state index contributed by atoms with van der Waals surface area (Å²) < 4.78 is 55.5. The maximum atomic E-state index is 15.4. The monoisotopic (exact) mass is 642 g/mol. The van der Waals surface area contributed by atoms with Gasteiger partial charge in [-0.1, -0.05) is 12.8 Å². The Labute approximate surface area is 261 Å². The minimum atomic E-state index is -3.48. The van der Waals surface area contributed by atoms with E-state index in [4.69, 9.17) is 4.98 Å². The van der Waals surface area contributed by atoms with Crippen LogP contribution in [0.4, 0.5) is 14.5 Å². The van der Waals surface area contributed by atoms with Crippen LogP contribution in [0, 0.1) is 17.6 Å². The van der Waals surface area contributed by atoms with E-state index in [-0.39, 0.29) is 23.9 Å². The van der Waals surface area contributed by atoms with Crippen molar-refractivity contribution in [1.82, 2.24) is 34.9 Å². The summed E-state index contributed by atoms with van der Waals surface area (Å²) in [6.07, 6.45) is 9.57. The van der Waals surface area contributed by atoms with Crippen LogP contribution in [0.1, 0.15) is 31.2 Å². The second-order valence-electron chi connectivity index (χ2n) is 11.5. The standard InChI is InChI=1S/C32H28F2N8O3S/c1-46(44,45)37-14-17-8-20(10-22(33)9-17)24-6-7-36-30-28(24)39-31(40-30)29-25-12-19(13-26(34)27(25)41-42-29)21-11-23(16-35-15-21)38-32(43)18-4-2-3-5-18/h6-13,15-16,18,37H,2-5,14H2,1H3,(H,38,43)(H,41,42)(H,36,39,40). The van der Waals surface area contributed by atoms with Crippen LogP contribution in [0.3, 0.4) is 0 Å². The number of sulfonamides is 1. The number of amides is 1.